The van der Waals surface area contributed by atoms with Crippen molar-refractivity contribution in [1.82, 2.24) is 24.2 Å². The number of ether oxygens (including phenoxy) is 1. The van der Waals surface area contributed by atoms with Crippen molar-refractivity contribution in [2.75, 3.05) is 7.05 Å². The molecule has 1 fully saturated rings. The Bertz CT molecular complexity index is 1730. The predicted molar refractivity (Wildman–Crippen MR) is 160 cm³/mol. The number of amides is 1. The van der Waals surface area contributed by atoms with Gasteiger partial charge in [-0.05, 0) is 75.9 Å². The Morgan fingerprint density at radius 2 is 1.88 bits per heavy atom. The summed E-state index contributed by atoms with van der Waals surface area (Å²) < 4.78 is 49.7. The normalized spacial score (nSPS) is 21.4. The summed E-state index contributed by atoms with van der Waals surface area (Å²) >= 11 is -1.21. The second-order valence-electron chi connectivity index (χ2n) is 12.7. The van der Waals surface area contributed by atoms with Gasteiger partial charge in [-0.15, -0.1) is 4.72 Å². The zero-order valence-corrected chi connectivity index (χ0v) is 25.3. The summed E-state index contributed by atoms with van der Waals surface area (Å²) in [5.41, 5.74) is 4.78. The van der Waals surface area contributed by atoms with Gasteiger partial charge in [0.25, 0.3) is 5.91 Å². The number of nitrogens with zero attached hydrogens (tertiary/aromatic N) is 4. The highest BCUT2D eigenvalue weighted by Crippen LogP contribution is 2.50. The molecule has 0 saturated heterocycles. The number of rotatable bonds is 6. The molecule has 1 saturated carbocycles. The molecule has 43 heavy (non-hydrogen) atoms. The van der Waals surface area contributed by atoms with Crippen LogP contribution in [0.1, 0.15) is 86.0 Å². The molecule has 1 amide bonds. The van der Waals surface area contributed by atoms with E-state index in [9.17, 15) is 18.1 Å². The first-order valence-electron chi connectivity index (χ1n) is 14.5. The minimum atomic E-state index is -3.01. The average molecular weight is 606 g/mol. The third-order valence-electron chi connectivity index (χ3n) is 9.05. The van der Waals surface area contributed by atoms with Gasteiger partial charge < -0.3 is 18.8 Å². The Morgan fingerprint density at radius 1 is 1.12 bits per heavy atom. The van der Waals surface area contributed by atoms with Crippen LogP contribution in [-0.4, -0.2) is 48.3 Å². The Kier molecular flexibility index (Phi) is 6.57. The van der Waals surface area contributed by atoms with Gasteiger partial charge in [0, 0.05) is 47.7 Å². The van der Waals surface area contributed by atoms with Gasteiger partial charge in [0.1, 0.15) is 21.9 Å². The van der Waals surface area contributed by atoms with Gasteiger partial charge in [-0.25, -0.2) is 4.98 Å². The summed E-state index contributed by atoms with van der Waals surface area (Å²) in [5, 5.41) is 0. The van der Waals surface area contributed by atoms with Crippen molar-refractivity contribution < 1.29 is 22.9 Å². The molecule has 3 atom stereocenters. The summed E-state index contributed by atoms with van der Waals surface area (Å²) in [7, 11) is 1.73. The van der Waals surface area contributed by atoms with Crippen molar-refractivity contribution in [3.63, 3.8) is 0 Å². The average Bonchev–Trinajstić information content (AvgIpc) is 3.47. The van der Waals surface area contributed by atoms with Crippen LogP contribution in [-0.2, 0) is 16.9 Å². The van der Waals surface area contributed by atoms with Crippen LogP contribution in [0.4, 0.5) is 8.78 Å². The number of hydrogen-bond donors (Lipinski definition) is 1. The summed E-state index contributed by atoms with van der Waals surface area (Å²) in [6.07, 6.45) is 5.18. The number of fused-ring (bicyclic) bond motifs is 9. The number of hydrogen-bond acceptors (Lipinski definition) is 6. The fraction of sp³-hybridized carbons (Fsp3) is 0.406. The van der Waals surface area contributed by atoms with E-state index in [1.165, 1.54) is 6.07 Å². The molecule has 7 rings (SSSR count). The molecule has 1 unspecified atom stereocenters. The third-order valence-corrected chi connectivity index (χ3v) is 10.7. The number of pyridine rings is 1. The van der Waals surface area contributed by atoms with Crippen molar-refractivity contribution in [2.45, 2.75) is 75.4 Å². The van der Waals surface area contributed by atoms with E-state index in [0.29, 0.717) is 17.5 Å². The lowest BCUT2D eigenvalue weighted by atomic mass is 9.75. The molecule has 224 valence electrons. The van der Waals surface area contributed by atoms with Crippen molar-refractivity contribution in [2.24, 2.45) is 0 Å². The zero-order valence-electron chi connectivity index (χ0n) is 24.4. The molecule has 4 heterocycles. The lowest BCUT2D eigenvalue weighted by Gasteiger charge is -2.43. The fourth-order valence-electron chi connectivity index (χ4n) is 6.58. The van der Waals surface area contributed by atoms with E-state index in [-0.39, 0.29) is 22.4 Å². The highest BCUT2D eigenvalue weighted by Gasteiger charge is 2.47. The van der Waals surface area contributed by atoms with Crippen LogP contribution in [0.3, 0.4) is 0 Å². The van der Waals surface area contributed by atoms with Gasteiger partial charge in [-0.3, -0.25) is 9.78 Å². The number of carbonyl (C=O) groups is 1. The van der Waals surface area contributed by atoms with Gasteiger partial charge in [-0.1, -0.05) is 18.2 Å². The maximum atomic E-state index is 13.4. The molecule has 3 aliphatic rings. The van der Waals surface area contributed by atoms with Gasteiger partial charge in [0.2, 0.25) is 0 Å². The van der Waals surface area contributed by atoms with Crippen LogP contribution in [0.2, 0.25) is 0 Å². The minimum absolute atomic E-state index is 0.0106. The quantitative estimate of drug-likeness (QED) is 0.261. The Morgan fingerprint density at radius 3 is 2.53 bits per heavy atom. The maximum absolute atomic E-state index is 13.4. The Labute approximate surface area is 251 Å². The van der Waals surface area contributed by atoms with Gasteiger partial charge in [0.15, 0.2) is 0 Å². The van der Waals surface area contributed by atoms with E-state index in [1.807, 2.05) is 57.3 Å². The first-order valence-corrected chi connectivity index (χ1v) is 15.7. The second kappa shape index (κ2) is 10.0. The summed E-state index contributed by atoms with van der Waals surface area (Å²) in [6.45, 7) is 2.86. The lowest BCUT2D eigenvalue weighted by molar-refractivity contribution is -0.0507. The van der Waals surface area contributed by atoms with E-state index in [2.05, 4.69) is 9.29 Å². The monoisotopic (exact) mass is 605 g/mol. The number of benzene rings is 2. The SMILES string of the molecule is CN1C(=O)c2cccc(OC(F)F)c2[C@H]2C[C@@H]1c1nc3ccc(-c4ccc(C5(N[S+]([O-])C(C)(C)C)CCC5)nc4)cc3n12. The molecular formula is C32H33F2N5O3S. The Balaban J connectivity index is 1.28. The van der Waals surface area contributed by atoms with Crippen molar-refractivity contribution in [1.29, 1.82) is 0 Å². The predicted octanol–water partition coefficient (Wildman–Crippen LogP) is 6.25. The number of halogens is 2. The van der Waals surface area contributed by atoms with E-state index in [0.717, 1.165) is 52.9 Å². The first kappa shape index (κ1) is 28.2. The molecular weight excluding hydrogens is 572 g/mol. The van der Waals surface area contributed by atoms with Crippen LogP contribution in [0.25, 0.3) is 22.2 Å². The smallest absolute Gasteiger partial charge is 0.387 e. The first-order chi connectivity index (χ1) is 20.5. The molecule has 2 aromatic carbocycles. The van der Waals surface area contributed by atoms with Crippen molar-refractivity contribution in [3.8, 4) is 16.9 Å². The summed E-state index contributed by atoms with van der Waals surface area (Å²) in [5.74, 6) is 0.498. The summed E-state index contributed by atoms with van der Waals surface area (Å²) in [4.78, 5) is 24.8. The number of imidazole rings is 1. The molecule has 2 aliphatic heterocycles. The van der Waals surface area contributed by atoms with Crippen LogP contribution < -0.4 is 9.46 Å². The van der Waals surface area contributed by atoms with Gasteiger partial charge >= 0.3 is 6.61 Å². The zero-order chi connectivity index (χ0) is 30.3. The van der Waals surface area contributed by atoms with Crippen molar-refractivity contribution in [3.05, 3.63) is 77.4 Å². The molecule has 0 spiro atoms. The molecule has 2 aromatic heterocycles. The Hall–Kier alpha value is -3.54. The van der Waals surface area contributed by atoms with Crippen LogP contribution in [0.5, 0.6) is 5.75 Å². The molecule has 8 nitrogen and oxygen atoms in total. The summed E-state index contributed by atoms with van der Waals surface area (Å²) in [6, 6.07) is 14.1. The highest BCUT2D eigenvalue weighted by molar-refractivity contribution is 7.90. The molecule has 1 aliphatic carbocycles. The standard InChI is InChI=1S/C32H33F2N5O3S/c1-31(2,3)43(41)37-32(13-6-14-32)26-12-10-19(17-35-26)18-9-11-21-22(15-18)39-23-16-24(28(39)36-21)38(4)29(40)20-7-5-8-25(27(20)23)42-30(33)34/h5,7-12,15,17,23-24,30,37H,6,13-14,16H2,1-4H3/t23-,24-,43?/m1/s1. The molecule has 0 radical (unpaired) electrons. The number of alkyl halides is 2. The minimum Gasteiger partial charge on any atom is -0.598 e. The van der Waals surface area contributed by atoms with Gasteiger partial charge in [0.05, 0.1) is 28.8 Å². The largest absolute Gasteiger partial charge is 0.598 e. The number of aromatic nitrogens is 3. The second-order valence-corrected chi connectivity index (χ2v) is 14.6. The molecule has 4 aromatic rings. The maximum Gasteiger partial charge on any atom is 0.387 e. The lowest BCUT2D eigenvalue weighted by Crippen LogP contribution is -2.55. The van der Waals surface area contributed by atoms with E-state index >= 15 is 0 Å². The highest BCUT2D eigenvalue weighted by atomic mass is 32.2. The molecule has 11 heteroatoms. The van der Waals surface area contributed by atoms with E-state index < -0.39 is 29.6 Å². The molecule has 1 N–H and O–H groups in total. The van der Waals surface area contributed by atoms with Crippen LogP contribution in [0, 0.1) is 0 Å². The third kappa shape index (κ3) is 4.51. The van der Waals surface area contributed by atoms with Gasteiger partial charge in [-0.2, -0.15) is 8.78 Å². The topological polar surface area (TPSA) is 95.3 Å². The number of carbonyl (C=O) groups excluding carboxylic acids is 1. The van der Waals surface area contributed by atoms with Crippen LogP contribution >= 0.6 is 0 Å². The van der Waals surface area contributed by atoms with E-state index in [1.54, 1.807) is 24.1 Å². The van der Waals surface area contributed by atoms with E-state index in [4.69, 9.17) is 14.7 Å². The van der Waals surface area contributed by atoms with Crippen molar-refractivity contribution >= 4 is 28.3 Å². The van der Waals surface area contributed by atoms with Crippen LogP contribution in [0.15, 0.2) is 54.7 Å². The number of nitrogens with one attached hydrogen (secondary N) is 1. The molecule has 2 bridgehead atoms. The fourth-order valence-corrected chi connectivity index (χ4v) is 7.55.